The summed E-state index contributed by atoms with van der Waals surface area (Å²) in [7, 11) is 0. The van der Waals surface area contributed by atoms with Gasteiger partial charge in [0.1, 0.15) is 19.3 Å². The highest BCUT2D eigenvalue weighted by atomic mass is 32.2. The Morgan fingerprint density at radius 3 is 2.51 bits per heavy atom. The van der Waals surface area contributed by atoms with Crippen LogP contribution in [0.2, 0.25) is 0 Å². The lowest BCUT2D eigenvalue weighted by Crippen LogP contribution is -2.59. The first-order valence-corrected chi connectivity index (χ1v) is 14.0. The lowest BCUT2D eigenvalue weighted by atomic mass is 9.46. The SMILES string of the molecule is C=C1CC[C@@H]2[C@](C)(COC(C)=O)[C@H](OC(C)=O)CC[C@@]2(C)[C@@H]1CC(Sc1ccccc1)C1=CCOC1=O. The Hall–Kier alpha value is -2.54. The average molecular weight is 527 g/mol. The lowest BCUT2D eigenvalue weighted by Gasteiger charge is -2.60. The highest BCUT2D eigenvalue weighted by Crippen LogP contribution is 2.63. The number of fused-ring (bicyclic) bond motifs is 1. The number of carbonyl (C=O) groups excluding carboxylic acids is 3. The van der Waals surface area contributed by atoms with Gasteiger partial charge in [-0.15, -0.1) is 11.8 Å². The second kappa shape index (κ2) is 11.1. The number of hydrogen-bond donors (Lipinski definition) is 0. The number of ether oxygens (including phenoxy) is 3. The number of benzene rings is 1. The zero-order chi connectivity index (χ0) is 26.8. The van der Waals surface area contributed by atoms with E-state index in [4.69, 9.17) is 14.2 Å². The van der Waals surface area contributed by atoms with E-state index in [0.717, 1.165) is 36.2 Å². The van der Waals surface area contributed by atoms with Crippen molar-refractivity contribution in [1.29, 1.82) is 0 Å². The molecule has 2 saturated carbocycles. The van der Waals surface area contributed by atoms with E-state index in [2.05, 4.69) is 32.6 Å². The van der Waals surface area contributed by atoms with Crippen molar-refractivity contribution in [2.24, 2.45) is 22.7 Å². The fraction of sp³-hybridized carbons (Fsp3) is 0.567. The standard InChI is InChI=1S/C30H38O6S/c1-19-11-12-26-29(4,15-13-27(36-21(3)32)30(26,5)18-35-20(2)31)24(19)17-25(23-14-16-34-28(23)33)37-22-9-7-6-8-10-22/h6-10,14,24-27H,1,11-13,15-18H2,2-5H3/t24-,25?,26+,27-,29+,30+/m1/s1. The first kappa shape index (κ1) is 27.5. The summed E-state index contributed by atoms with van der Waals surface area (Å²) in [5.41, 5.74) is 1.25. The molecule has 0 bridgehead atoms. The predicted molar refractivity (Wildman–Crippen MR) is 143 cm³/mol. The molecule has 2 aliphatic carbocycles. The molecule has 0 radical (unpaired) electrons. The summed E-state index contributed by atoms with van der Waals surface area (Å²) in [6.07, 6.45) is 5.64. The van der Waals surface area contributed by atoms with Crippen LogP contribution in [0.1, 0.15) is 59.8 Å². The van der Waals surface area contributed by atoms with Crippen molar-refractivity contribution in [1.82, 2.24) is 0 Å². The molecule has 200 valence electrons. The molecule has 0 N–H and O–H groups in total. The van der Waals surface area contributed by atoms with Gasteiger partial charge in [-0.2, -0.15) is 0 Å². The van der Waals surface area contributed by atoms with Gasteiger partial charge in [-0.05, 0) is 67.6 Å². The Labute approximate surface area is 224 Å². The summed E-state index contributed by atoms with van der Waals surface area (Å²) in [6, 6.07) is 10.1. The van der Waals surface area contributed by atoms with E-state index in [0.29, 0.717) is 13.0 Å². The van der Waals surface area contributed by atoms with Gasteiger partial charge in [0.15, 0.2) is 0 Å². The van der Waals surface area contributed by atoms with E-state index < -0.39 is 5.41 Å². The molecule has 0 spiro atoms. The van der Waals surface area contributed by atoms with E-state index >= 15 is 0 Å². The number of allylic oxidation sites excluding steroid dienone is 1. The van der Waals surface area contributed by atoms with Gasteiger partial charge in [0.2, 0.25) is 0 Å². The van der Waals surface area contributed by atoms with Gasteiger partial charge < -0.3 is 14.2 Å². The monoisotopic (exact) mass is 526 g/mol. The summed E-state index contributed by atoms with van der Waals surface area (Å²) in [6.45, 7) is 12.3. The van der Waals surface area contributed by atoms with Crippen LogP contribution in [0.25, 0.3) is 0 Å². The van der Waals surface area contributed by atoms with Crippen molar-refractivity contribution in [2.45, 2.75) is 76.0 Å². The zero-order valence-electron chi connectivity index (χ0n) is 22.3. The predicted octanol–water partition coefficient (Wildman–Crippen LogP) is 5.90. The van der Waals surface area contributed by atoms with E-state index in [1.165, 1.54) is 19.4 Å². The molecule has 0 aromatic heterocycles. The number of esters is 3. The molecule has 1 aliphatic heterocycles. The fourth-order valence-electron chi connectivity index (χ4n) is 7.00. The van der Waals surface area contributed by atoms with Crippen LogP contribution < -0.4 is 0 Å². The number of rotatable bonds is 8. The normalized spacial score (nSPS) is 32.1. The van der Waals surface area contributed by atoms with Crippen LogP contribution >= 0.6 is 11.8 Å². The van der Waals surface area contributed by atoms with Crippen molar-refractivity contribution in [3.8, 4) is 0 Å². The first-order chi connectivity index (χ1) is 17.5. The zero-order valence-corrected chi connectivity index (χ0v) is 23.1. The molecule has 4 rings (SSSR count). The van der Waals surface area contributed by atoms with Crippen molar-refractivity contribution >= 4 is 29.7 Å². The molecule has 1 heterocycles. The summed E-state index contributed by atoms with van der Waals surface area (Å²) in [4.78, 5) is 37.6. The molecule has 7 heteroatoms. The molecule has 1 aromatic rings. The molecule has 0 amide bonds. The molecular formula is C30H38O6S. The van der Waals surface area contributed by atoms with E-state index in [9.17, 15) is 14.4 Å². The topological polar surface area (TPSA) is 78.9 Å². The van der Waals surface area contributed by atoms with Gasteiger partial charge in [0.05, 0.1) is 0 Å². The van der Waals surface area contributed by atoms with Crippen LogP contribution in [-0.2, 0) is 28.6 Å². The third kappa shape index (κ3) is 5.66. The maximum atomic E-state index is 12.7. The Morgan fingerprint density at radius 2 is 1.89 bits per heavy atom. The van der Waals surface area contributed by atoms with Crippen LogP contribution in [-0.4, -0.2) is 42.5 Å². The summed E-state index contributed by atoms with van der Waals surface area (Å²) in [5, 5.41) is -0.0688. The molecule has 1 aromatic carbocycles. The summed E-state index contributed by atoms with van der Waals surface area (Å²) >= 11 is 1.70. The minimum atomic E-state index is -0.517. The molecule has 0 saturated heterocycles. The van der Waals surface area contributed by atoms with E-state index in [1.807, 2.05) is 24.3 Å². The quantitative estimate of drug-likeness (QED) is 0.180. The maximum Gasteiger partial charge on any atom is 0.335 e. The van der Waals surface area contributed by atoms with Gasteiger partial charge in [-0.3, -0.25) is 9.59 Å². The van der Waals surface area contributed by atoms with Gasteiger partial charge in [0.25, 0.3) is 0 Å². The van der Waals surface area contributed by atoms with Gasteiger partial charge in [-0.1, -0.05) is 44.2 Å². The molecular weight excluding hydrogens is 488 g/mol. The van der Waals surface area contributed by atoms with Crippen LogP contribution in [0.3, 0.4) is 0 Å². The maximum absolute atomic E-state index is 12.7. The third-order valence-electron chi connectivity index (χ3n) is 8.78. The highest BCUT2D eigenvalue weighted by molar-refractivity contribution is 8.00. The van der Waals surface area contributed by atoms with E-state index in [-0.39, 0.29) is 53.1 Å². The second-order valence-corrected chi connectivity index (χ2v) is 12.4. The Kier molecular flexibility index (Phi) is 8.22. The van der Waals surface area contributed by atoms with Gasteiger partial charge in [0, 0.05) is 35.0 Å². The number of thioether (sulfide) groups is 1. The first-order valence-electron chi connectivity index (χ1n) is 13.1. The molecule has 37 heavy (non-hydrogen) atoms. The van der Waals surface area contributed by atoms with Gasteiger partial charge >= 0.3 is 17.9 Å². The molecule has 6 atom stereocenters. The number of hydrogen-bond acceptors (Lipinski definition) is 7. The Morgan fingerprint density at radius 1 is 1.16 bits per heavy atom. The minimum absolute atomic E-state index is 0.0688. The lowest BCUT2D eigenvalue weighted by molar-refractivity contribution is -0.191. The Balaban J connectivity index is 1.67. The number of cyclic esters (lactones) is 1. The summed E-state index contributed by atoms with van der Waals surface area (Å²) < 4.78 is 16.7. The molecule has 2 fully saturated rings. The molecule has 3 aliphatic rings. The van der Waals surface area contributed by atoms with Crippen LogP contribution in [0, 0.1) is 22.7 Å². The highest BCUT2D eigenvalue weighted by Gasteiger charge is 2.60. The second-order valence-electron chi connectivity index (χ2n) is 11.1. The van der Waals surface area contributed by atoms with Crippen LogP contribution in [0.4, 0.5) is 0 Å². The van der Waals surface area contributed by atoms with Crippen LogP contribution in [0.15, 0.2) is 59.0 Å². The summed E-state index contributed by atoms with van der Waals surface area (Å²) in [5.74, 6) is -0.588. The third-order valence-corrected chi connectivity index (χ3v) is 10.1. The van der Waals surface area contributed by atoms with Crippen LogP contribution in [0.5, 0.6) is 0 Å². The van der Waals surface area contributed by atoms with Gasteiger partial charge in [-0.25, -0.2) is 4.79 Å². The smallest absolute Gasteiger partial charge is 0.335 e. The minimum Gasteiger partial charge on any atom is -0.465 e. The number of carbonyl (C=O) groups is 3. The van der Waals surface area contributed by atoms with Crippen molar-refractivity contribution in [3.63, 3.8) is 0 Å². The fourth-order valence-corrected chi connectivity index (χ4v) is 8.25. The molecule has 1 unspecified atom stereocenters. The Bertz CT molecular complexity index is 1080. The van der Waals surface area contributed by atoms with E-state index in [1.54, 1.807) is 11.8 Å². The molecule has 6 nitrogen and oxygen atoms in total. The van der Waals surface area contributed by atoms with Crippen molar-refractivity contribution in [3.05, 3.63) is 54.1 Å². The largest absolute Gasteiger partial charge is 0.465 e. The average Bonchev–Trinajstić information content (AvgIpc) is 3.27. The van der Waals surface area contributed by atoms with Crippen molar-refractivity contribution < 1.29 is 28.6 Å². The van der Waals surface area contributed by atoms with Crippen molar-refractivity contribution in [2.75, 3.05) is 13.2 Å².